The number of nitrogens with zero attached hydrogens (tertiary/aromatic N) is 3. The van der Waals surface area contributed by atoms with Crippen molar-refractivity contribution in [2.75, 3.05) is 66.2 Å². The summed E-state index contributed by atoms with van der Waals surface area (Å²) in [5.74, 6) is 1.54. The van der Waals surface area contributed by atoms with E-state index >= 15 is 0 Å². The van der Waals surface area contributed by atoms with Crippen molar-refractivity contribution < 1.29 is 9.47 Å². The van der Waals surface area contributed by atoms with Crippen LogP contribution in [0.3, 0.4) is 0 Å². The van der Waals surface area contributed by atoms with Gasteiger partial charge in [-0.15, -0.1) is 24.0 Å². The first-order valence-corrected chi connectivity index (χ1v) is 12.4. The lowest BCUT2D eigenvalue weighted by Crippen LogP contribution is -2.53. The lowest BCUT2D eigenvalue weighted by molar-refractivity contribution is 0.00272. The maximum atomic E-state index is 5.59. The highest BCUT2D eigenvalue weighted by molar-refractivity contribution is 14.0. The van der Waals surface area contributed by atoms with Gasteiger partial charge < -0.3 is 20.1 Å². The van der Waals surface area contributed by atoms with Crippen molar-refractivity contribution in [3.8, 4) is 0 Å². The van der Waals surface area contributed by atoms with Crippen molar-refractivity contribution in [1.29, 1.82) is 0 Å². The van der Waals surface area contributed by atoms with Crippen LogP contribution in [0.15, 0.2) is 29.3 Å². The number of rotatable bonds is 10. The standard InChI is InChI=1S/C25H43N5O2.HI/c1-4-21(5-2)24(30-12-16-32-17-13-30)19-28-25(26-3)27-18-22-8-6-7-9-23(22)20-29-10-14-31-15-11-29;/h6-9,21,24H,4-5,10-20H2,1-3H3,(H2,26,27,28);1H. The Bertz CT molecular complexity index is 689. The van der Waals surface area contributed by atoms with E-state index in [-0.39, 0.29) is 24.0 Å². The molecule has 33 heavy (non-hydrogen) atoms. The second-order valence-electron chi connectivity index (χ2n) is 8.76. The molecule has 0 saturated carbocycles. The number of hydrogen-bond donors (Lipinski definition) is 2. The zero-order chi connectivity index (χ0) is 22.6. The molecule has 0 aliphatic carbocycles. The second kappa shape index (κ2) is 15.9. The summed E-state index contributed by atoms with van der Waals surface area (Å²) >= 11 is 0. The molecule has 1 aromatic carbocycles. The molecule has 2 aliphatic rings. The van der Waals surface area contributed by atoms with Crippen molar-refractivity contribution in [2.24, 2.45) is 10.9 Å². The fourth-order valence-electron chi connectivity index (χ4n) is 4.82. The van der Waals surface area contributed by atoms with E-state index in [2.05, 4.69) is 63.5 Å². The van der Waals surface area contributed by atoms with Crippen molar-refractivity contribution in [1.82, 2.24) is 20.4 Å². The van der Waals surface area contributed by atoms with E-state index in [4.69, 9.17) is 9.47 Å². The van der Waals surface area contributed by atoms with Crippen molar-refractivity contribution in [3.05, 3.63) is 35.4 Å². The summed E-state index contributed by atoms with van der Waals surface area (Å²) in [6.07, 6.45) is 2.39. The SMILES string of the molecule is CCC(CC)C(CNC(=NC)NCc1ccccc1CN1CCOCC1)N1CCOCC1.I. The molecule has 3 rings (SSSR count). The molecule has 2 aliphatic heterocycles. The first-order valence-electron chi connectivity index (χ1n) is 12.4. The Balaban J connectivity index is 0.00000385. The van der Waals surface area contributed by atoms with Gasteiger partial charge in [0.05, 0.1) is 26.4 Å². The van der Waals surface area contributed by atoms with Crippen LogP contribution in [0, 0.1) is 5.92 Å². The molecule has 0 spiro atoms. The van der Waals surface area contributed by atoms with Crippen LogP contribution >= 0.6 is 24.0 Å². The molecular weight excluding hydrogens is 529 g/mol. The summed E-state index contributed by atoms with van der Waals surface area (Å²) in [7, 11) is 1.86. The Hall–Kier alpha value is -0.940. The quantitative estimate of drug-likeness (QED) is 0.255. The van der Waals surface area contributed by atoms with E-state index in [1.54, 1.807) is 0 Å². The van der Waals surface area contributed by atoms with Crippen molar-refractivity contribution in [2.45, 2.75) is 45.8 Å². The minimum atomic E-state index is 0. The molecule has 0 radical (unpaired) electrons. The number of nitrogens with one attached hydrogen (secondary N) is 2. The molecule has 1 aromatic rings. The molecule has 2 saturated heterocycles. The van der Waals surface area contributed by atoms with E-state index in [1.807, 2.05) is 7.05 Å². The smallest absolute Gasteiger partial charge is 0.191 e. The molecule has 0 amide bonds. The van der Waals surface area contributed by atoms with Crippen molar-refractivity contribution in [3.63, 3.8) is 0 Å². The number of halogens is 1. The van der Waals surface area contributed by atoms with Crippen molar-refractivity contribution >= 4 is 29.9 Å². The maximum absolute atomic E-state index is 5.59. The van der Waals surface area contributed by atoms with Gasteiger partial charge in [0.2, 0.25) is 0 Å². The number of guanidine groups is 1. The molecule has 188 valence electrons. The van der Waals surface area contributed by atoms with Gasteiger partial charge in [-0.05, 0) is 17.0 Å². The number of aliphatic imine (C=N–C) groups is 1. The minimum Gasteiger partial charge on any atom is -0.379 e. The summed E-state index contributed by atoms with van der Waals surface area (Å²) in [4.78, 5) is 9.57. The van der Waals surface area contributed by atoms with E-state index in [1.165, 1.54) is 24.0 Å². The molecule has 7 nitrogen and oxygen atoms in total. The van der Waals surface area contributed by atoms with Crippen LogP contribution in [0.2, 0.25) is 0 Å². The van der Waals surface area contributed by atoms with Gasteiger partial charge in [-0.1, -0.05) is 51.0 Å². The van der Waals surface area contributed by atoms with Crippen LogP contribution in [-0.2, 0) is 22.6 Å². The van der Waals surface area contributed by atoms with Crippen LogP contribution in [-0.4, -0.2) is 88.0 Å². The number of hydrogen-bond acceptors (Lipinski definition) is 5. The van der Waals surface area contributed by atoms with Gasteiger partial charge in [0.1, 0.15) is 0 Å². The number of ether oxygens (including phenoxy) is 2. The summed E-state index contributed by atoms with van der Waals surface area (Å²) in [5.41, 5.74) is 2.70. The normalized spacial score (nSPS) is 19.2. The van der Waals surface area contributed by atoms with Crippen LogP contribution in [0.4, 0.5) is 0 Å². The Morgan fingerprint density at radius 3 is 2.15 bits per heavy atom. The highest BCUT2D eigenvalue weighted by Gasteiger charge is 2.27. The van der Waals surface area contributed by atoms with Gasteiger partial charge in [-0.2, -0.15) is 0 Å². The summed E-state index contributed by atoms with van der Waals surface area (Å²) in [5, 5.41) is 7.17. The molecule has 1 atom stereocenters. The van der Waals surface area contributed by atoms with Crippen LogP contribution in [0.5, 0.6) is 0 Å². The van der Waals surface area contributed by atoms with E-state index in [9.17, 15) is 0 Å². The molecule has 2 fully saturated rings. The third-order valence-electron chi connectivity index (χ3n) is 6.87. The Morgan fingerprint density at radius 2 is 1.55 bits per heavy atom. The van der Waals surface area contributed by atoms with Crippen LogP contribution < -0.4 is 10.6 Å². The topological polar surface area (TPSA) is 61.4 Å². The van der Waals surface area contributed by atoms with E-state index < -0.39 is 0 Å². The van der Waals surface area contributed by atoms with Gasteiger partial charge in [-0.25, -0.2) is 0 Å². The molecule has 2 N–H and O–H groups in total. The lowest BCUT2D eigenvalue weighted by atomic mass is 9.92. The molecule has 0 aromatic heterocycles. The van der Waals surface area contributed by atoms with Crippen LogP contribution in [0.25, 0.3) is 0 Å². The highest BCUT2D eigenvalue weighted by Crippen LogP contribution is 2.19. The highest BCUT2D eigenvalue weighted by atomic mass is 127. The monoisotopic (exact) mass is 573 g/mol. The first-order chi connectivity index (χ1) is 15.7. The van der Waals surface area contributed by atoms with Gasteiger partial charge >= 0.3 is 0 Å². The predicted octanol–water partition coefficient (Wildman–Crippen LogP) is 2.94. The first kappa shape index (κ1) is 28.3. The van der Waals surface area contributed by atoms with E-state index in [0.29, 0.717) is 12.0 Å². The second-order valence-corrected chi connectivity index (χ2v) is 8.76. The van der Waals surface area contributed by atoms with Crippen LogP contribution in [0.1, 0.15) is 37.8 Å². The molecule has 8 heteroatoms. The summed E-state index contributed by atoms with van der Waals surface area (Å²) in [6, 6.07) is 9.22. The van der Waals surface area contributed by atoms with Gasteiger partial charge in [0.25, 0.3) is 0 Å². The minimum absolute atomic E-state index is 0. The summed E-state index contributed by atoms with van der Waals surface area (Å²) < 4.78 is 11.1. The zero-order valence-corrected chi connectivity index (χ0v) is 23.1. The van der Waals surface area contributed by atoms with E-state index in [0.717, 1.165) is 78.2 Å². The third kappa shape index (κ3) is 8.98. The summed E-state index contributed by atoms with van der Waals surface area (Å²) in [6.45, 7) is 14.6. The molecule has 2 heterocycles. The Kier molecular flexibility index (Phi) is 13.6. The van der Waals surface area contributed by atoms with Gasteiger partial charge in [0.15, 0.2) is 5.96 Å². The van der Waals surface area contributed by atoms with Gasteiger partial charge in [0, 0.05) is 58.9 Å². The third-order valence-corrected chi connectivity index (χ3v) is 6.87. The largest absolute Gasteiger partial charge is 0.379 e. The number of morpholine rings is 2. The average Bonchev–Trinajstić information content (AvgIpc) is 2.85. The Labute approximate surface area is 217 Å². The number of benzene rings is 1. The fourth-order valence-corrected chi connectivity index (χ4v) is 4.82. The van der Waals surface area contributed by atoms with Gasteiger partial charge in [-0.3, -0.25) is 14.8 Å². The average molecular weight is 574 g/mol. The lowest BCUT2D eigenvalue weighted by Gasteiger charge is -2.39. The Morgan fingerprint density at radius 1 is 0.939 bits per heavy atom. The zero-order valence-electron chi connectivity index (χ0n) is 20.7. The molecule has 0 bridgehead atoms. The molecular formula is C25H44IN5O2. The predicted molar refractivity (Wildman–Crippen MR) is 146 cm³/mol. The maximum Gasteiger partial charge on any atom is 0.191 e. The molecule has 1 unspecified atom stereocenters. The fraction of sp³-hybridized carbons (Fsp3) is 0.720.